The zero-order chi connectivity index (χ0) is 23.7. The lowest BCUT2D eigenvalue weighted by Crippen LogP contribution is -2.42. The highest BCUT2D eigenvalue weighted by atomic mass is 19.4. The van der Waals surface area contributed by atoms with Gasteiger partial charge in [-0.25, -0.2) is 4.98 Å². The smallest absolute Gasteiger partial charge is 0.433 e. The normalized spacial score (nSPS) is 19.0. The summed E-state index contributed by atoms with van der Waals surface area (Å²) in [5, 5.41) is 19.6. The Labute approximate surface area is 175 Å². The van der Waals surface area contributed by atoms with Crippen LogP contribution in [-0.4, -0.2) is 41.6 Å². The minimum Gasteiger partial charge on any atom is -0.489 e. The number of benzene rings is 1. The van der Waals surface area contributed by atoms with Gasteiger partial charge in [-0.3, -0.25) is 10.1 Å². The standard InChI is InChI=1S/C18H12F6N4O4/c19-17(20,21)14-5-11(2-4-15(14)28(29)30)27-8-13(32-16(27)18(22,23)24)9-31-12-3-1-10(6-25)26-7-12/h1-5,7,13,16H,8-9H2/t13-,16+/m0/s1. The molecular weight excluding hydrogens is 450 g/mol. The van der Waals surface area contributed by atoms with Crippen LogP contribution < -0.4 is 9.64 Å². The molecule has 1 fully saturated rings. The molecule has 0 N–H and O–H groups in total. The van der Waals surface area contributed by atoms with Gasteiger partial charge < -0.3 is 14.4 Å². The molecule has 2 aromatic rings. The topological polar surface area (TPSA) is 102 Å². The van der Waals surface area contributed by atoms with E-state index in [9.17, 15) is 36.5 Å². The van der Waals surface area contributed by atoms with Crippen molar-refractivity contribution >= 4 is 11.4 Å². The highest BCUT2D eigenvalue weighted by molar-refractivity contribution is 5.57. The van der Waals surface area contributed by atoms with Crippen molar-refractivity contribution in [1.82, 2.24) is 4.98 Å². The van der Waals surface area contributed by atoms with Crippen LogP contribution in [0.2, 0.25) is 0 Å². The molecule has 3 rings (SSSR count). The number of nitrogens with zero attached hydrogens (tertiary/aromatic N) is 4. The molecule has 2 atom stereocenters. The molecule has 0 spiro atoms. The average molecular weight is 462 g/mol. The molecule has 0 bridgehead atoms. The van der Waals surface area contributed by atoms with Gasteiger partial charge in [0.15, 0.2) is 0 Å². The third kappa shape index (κ3) is 4.99. The van der Waals surface area contributed by atoms with Gasteiger partial charge in [-0.15, -0.1) is 0 Å². The Bertz CT molecular complexity index is 1040. The van der Waals surface area contributed by atoms with Gasteiger partial charge in [0.05, 0.1) is 17.7 Å². The van der Waals surface area contributed by atoms with E-state index in [0.29, 0.717) is 11.0 Å². The van der Waals surface area contributed by atoms with E-state index in [1.165, 1.54) is 18.3 Å². The monoisotopic (exact) mass is 462 g/mol. The summed E-state index contributed by atoms with van der Waals surface area (Å²) in [4.78, 5) is 13.9. The molecular formula is C18H12F6N4O4. The summed E-state index contributed by atoms with van der Waals surface area (Å²) in [6.07, 6.45) is -12.7. The van der Waals surface area contributed by atoms with E-state index in [0.717, 1.165) is 6.07 Å². The number of nitro groups is 1. The number of nitro benzene ring substituents is 1. The number of alkyl halides is 6. The molecule has 2 heterocycles. The molecule has 0 aliphatic carbocycles. The van der Waals surface area contributed by atoms with E-state index >= 15 is 0 Å². The molecule has 0 radical (unpaired) electrons. The van der Waals surface area contributed by atoms with Crippen LogP contribution in [0.15, 0.2) is 36.5 Å². The summed E-state index contributed by atoms with van der Waals surface area (Å²) in [7, 11) is 0. The third-order valence-electron chi connectivity index (χ3n) is 4.39. The van der Waals surface area contributed by atoms with Crippen LogP contribution in [0.4, 0.5) is 37.7 Å². The zero-order valence-corrected chi connectivity index (χ0v) is 15.7. The molecule has 1 aliphatic heterocycles. The van der Waals surface area contributed by atoms with Crippen LogP contribution in [0.3, 0.4) is 0 Å². The number of hydrogen-bond acceptors (Lipinski definition) is 7. The predicted octanol–water partition coefficient (Wildman–Crippen LogP) is 4.05. The Morgan fingerprint density at radius 3 is 2.50 bits per heavy atom. The van der Waals surface area contributed by atoms with Crippen LogP contribution in [0, 0.1) is 21.4 Å². The Morgan fingerprint density at radius 1 is 1.25 bits per heavy atom. The molecule has 1 saturated heterocycles. The number of rotatable bonds is 5. The van der Waals surface area contributed by atoms with E-state index in [2.05, 4.69) is 4.98 Å². The van der Waals surface area contributed by atoms with Gasteiger partial charge in [0.1, 0.15) is 35.8 Å². The van der Waals surface area contributed by atoms with Crippen LogP contribution in [0.1, 0.15) is 11.3 Å². The fourth-order valence-electron chi connectivity index (χ4n) is 3.01. The minimum absolute atomic E-state index is 0.0939. The number of ether oxygens (including phenoxy) is 2. The molecule has 32 heavy (non-hydrogen) atoms. The van der Waals surface area contributed by atoms with Crippen molar-refractivity contribution in [2.75, 3.05) is 18.1 Å². The molecule has 8 nitrogen and oxygen atoms in total. The summed E-state index contributed by atoms with van der Waals surface area (Å²) < 4.78 is 90.4. The van der Waals surface area contributed by atoms with Gasteiger partial charge in [0.25, 0.3) is 5.69 Å². The van der Waals surface area contributed by atoms with Crippen molar-refractivity contribution in [2.24, 2.45) is 0 Å². The van der Waals surface area contributed by atoms with Gasteiger partial charge in [-0.1, -0.05) is 0 Å². The second-order valence-corrected chi connectivity index (χ2v) is 6.56. The summed E-state index contributed by atoms with van der Waals surface area (Å²) in [6, 6.07) is 6.05. The van der Waals surface area contributed by atoms with Crippen molar-refractivity contribution in [1.29, 1.82) is 5.26 Å². The average Bonchev–Trinajstić information content (AvgIpc) is 3.16. The lowest BCUT2D eigenvalue weighted by molar-refractivity contribution is -0.388. The summed E-state index contributed by atoms with van der Waals surface area (Å²) >= 11 is 0. The first kappa shape index (κ1) is 23.1. The quantitative estimate of drug-likeness (QED) is 0.375. The minimum atomic E-state index is -5.15. The van der Waals surface area contributed by atoms with Gasteiger partial charge in [-0.2, -0.15) is 31.6 Å². The molecule has 1 aromatic heterocycles. The zero-order valence-electron chi connectivity index (χ0n) is 15.7. The second kappa shape index (κ2) is 8.50. The van der Waals surface area contributed by atoms with Crippen molar-refractivity contribution in [3.63, 3.8) is 0 Å². The molecule has 0 amide bonds. The molecule has 170 valence electrons. The number of pyridine rings is 1. The largest absolute Gasteiger partial charge is 0.489 e. The van der Waals surface area contributed by atoms with E-state index in [1.54, 1.807) is 6.07 Å². The molecule has 14 heteroatoms. The maximum Gasteiger partial charge on any atom is 0.433 e. The van der Waals surface area contributed by atoms with Gasteiger partial charge >= 0.3 is 12.4 Å². The summed E-state index contributed by atoms with van der Waals surface area (Å²) in [5.41, 5.74) is -3.41. The van der Waals surface area contributed by atoms with Crippen LogP contribution in [0.25, 0.3) is 0 Å². The lowest BCUT2D eigenvalue weighted by atomic mass is 10.1. The first-order chi connectivity index (χ1) is 14.9. The predicted molar refractivity (Wildman–Crippen MR) is 94.6 cm³/mol. The Balaban J connectivity index is 1.84. The van der Waals surface area contributed by atoms with E-state index < -0.39 is 59.7 Å². The second-order valence-electron chi connectivity index (χ2n) is 6.56. The third-order valence-corrected chi connectivity index (χ3v) is 4.39. The Kier molecular flexibility index (Phi) is 6.13. The number of nitriles is 1. The highest BCUT2D eigenvalue weighted by Gasteiger charge is 2.51. The van der Waals surface area contributed by atoms with Crippen LogP contribution in [-0.2, 0) is 10.9 Å². The van der Waals surface area contributed by atoms with Crippen molar-refractivity contribution < 1.29 is 40.7 Å². The van der Waals surface area contributed by atoms with E-state index in [4.69, 9.17) is 14.7 Å². The summed E-state index contributed by atoms with van der Waals surface area (Å²) in [5.74, 6) is 0.143. The van der Waals surface area contributed by atoms with Crippen molar-refractivity contribution in [2.45, 2.75) is 24.7 Å². The SMILES string of the molecule is N#Cc1ccc(OC[C@@H]2CN(c3ccc([N+](=O)[O-])c(C(F)(F)F)c3)[C@@H](C(F)(F)F)O2)cn1. The Morgan fingerprint density at radius 2 is 1.97 bits per heavy atom. The first-order valence-corrected chi connectivity index (χ1v) is 8.73. The highest BCUT2D eigenvalue weighted by Crippen LogP contribution is 2.41. The van der Waals surface area contributed by atoms with E-state index in [1.807, 2.05) is 0 Å². The number of hydrogen-bond donors (Lipinski definition) is 0. The first-order valence-electron chi connectivity index (χ1n) is 8.73. The fraction of sp³-hybridized carbons (Fsp3) is 0.333. The lowest BCUT2D eigenvalue weighted by Gasteiger charge is -2.27. The van der Waals surface area contributed by atoms with Crippen LogP contribution in [0.5, 0.6) is 5.75 Å². The van der Waals surface area contributed by atoms with E-state index in [-0.39, 0.29) is 17.5 Å². The van der Waals surface area contributed by atoms with Crippen molar-refractivity contribution in [3.8, 4) is 11.8 Å². The summed E-state index contributed by atoms with van der Waals surface area (Å²) in [6.45, 7) is -0.890. The number of anilines is 1. The van der Waals surface area contributed by atoms with Gasteiger partial charge in [-0.05, 0) is 24.3 Å². The van der Waals surface area contributed by atoms with Crippen molar-refractivity contribution in [3.05, 3.63) is 57.9 Å². The Hall–Kier alpha value is -3.60. The number of aromatic nitrogens is 1. The number of halogens is 6. The molecule has 0 unspecified atom stereocenters. The fourth-order valence-corrected chi connectivity index (χ4v) is 3.01. The van der Waals surface area contributed by atoms with Crippen LogP contribution >= 0.6 is 0 Å². The molecule has 1 aromatic carbocycles. The molecule has 1 aliphatic rings. The van der Waals surface area contributed by atoms with Gasteiger partial charge in [0.2, 0.25) is 6.23 Å². The maximum absolute atomic E-state index is 13.5. The maximum atomic E-state index is 13.5. The molecule has 0 saturated carbocycles. The van der Waals surface area contributed by atoms with Gasteiger partial charge in [0, 0.05) is 11.8 Å².